The van der Waals surface area contributed by atoms with E-state index >= 15 is 0 Å². The molecule has 0 saturated heterocycles. The van der Waals surface area contributed by atoms with Crippen molar-refractivity contribution in [1.29, 1.82) is 0 Å². The molecule has 0 aliphatic heterocycles. The van der Waals surface area contributed by atoms with Crippen molar-refractivity contribution in [3.63, 3.8) is 0 Å². The lowest BCUT2D eigenvalue weighted by molar-refractivity contribution is 0.454. The number of rotatable bonds is 4. The number of aryl methyl sites for hydroxylation is 2. The molecule has 2 aromatic rings. The second-order valence-electron chi connectivity index (χ2n) is 5.70. The van der Waals surface area contributed by atoms with E-state index in [4.69, 9.17) is 10.6 Å². The van der Waals surface area contributed by atoms with Gasteiger partial charge < -0.3 is 10.2 Å². The Hall–Kier alpha value is -2.14. The average Bonchev–Trinajstić information content (AvgIpc) is 3.24. The number of hydrazine groups is 1. The van der Waals surface area contributed by atoms with Gasteiger partial charge in [0.2, 0.25) is 5.88 Å². The SMILES string of the molecule is Cc1cc(C)cc(Oc2nc(C3CC3)nc(NN)c2C)c1. The summed E-state index contributed by atoms with van der Waals surface area (Å²) in [6, 6.07) is 6.12. The third kappa shape index (κ3) is 2.97. The molecule has 0 atom stereocenters. The van der Waals surface area contributed by atoms with Gasteiger partial charge >= 0.3 is 0 Å². The van der Waals surface area contributed by atoms with E-state index in [0.717, 1.165) is 41.1 Å². The molecule has 3 rings (SSSR count). The van der Waals surface area contributed by atoms with Crippen molar-refractivity contribution in [3.05, 3.63) is 40.7 Å². The summed E-state index contributed by atoms with van der Waals surface area (Å²) in [5.74, 6) is 8.81. The topological polar surface area (TPSA) is 73.1 Å². The third-order valence-electron chi connectivity index (χ3n) is 3.61. The summed E-state index contributed by atoms with van der Waals surface area (Å²) in [7, 11) is 0. The highest BCUT2D eigenvalue weighted by Crippen LogP contribution is 2.40. The summed E-state index contributed by atoms with van der Waals surface area (Å²) in [6.07, 6.45) is 2.27. The Labute approximate surface area is 124 Å². The molecule has 1 aliphatic rings. The van der Waals surface area contributed by atoms with Crippen molar-refractivity contribution < 1.29 is 4.74 Å². The molecule has 3 N–H and O–H groups in total. The van der Waals surface area contributed by atoms with Gasteiger partial charge in [-0.05, 0) is 56.9 Å². The summed E-state index contributed by atoms with van der Waals surface area (Å²) in [5.41, 5.74) is 5.78. The van der Waals surface area contributed by atoms with Crippen LogP contribution in [0.15, 0.2) is 18.2 Å². The van der Waals surface area contributed by atoms with Gasteiger partial charge in [0.25, 0.3) is 0 Å². The molecule has 0 amide bonds. The second-order valence-corrected chi connectivity index (χ2v) is 5.70. The van der Waals surface area contributed by atoms with E-state index in [2.05, 4.69) is 35.3 Å². The van der Waals surface area contributed by atoms with Gasteiger partial charge in [-0.15, -0.1) is 0 Å². The molecule has 0 bridgehead atoms. The van der Waals surface area contributed by atoms with Crippen LogP contribution < -0.4 is 16.0 Å². The van der Waals surface area contributed by atoms with Crippen LogP contribution in [0.2, 0.25) is 0 Å². The number of anilines is 1. The maximum Gasteiger partial charge on any atom is 0.227 e. The Balaban J connectivity index is 1.98. The molecule has 0 spiro atoms. The number of nitrogens with two attached hydrogens (primary N) is 1. The van der Waals surface area contributed by atoms with Gasteiger partial charge in [0.1, 0.15) is 11.6 Å². The van der Waals surface area contributed by atoms with Crippen LogP contribution in [-0.4, -0.2) is 9.97 Å². The fraction of sp³-hybridized carbons (Fsp3) is 0.375. The Morgan fingerprint density at radius 1 is 1.10 bits per heavy atom. The summed E-state index contributed by atoms with van der Waals surface area (Å²) < 4.78 is 5.99. The van der Waals surface area contributed by atoms with Gasteiger partial charge in [0.05, 0.1) is 5.56 Å². The van der Waals surface area contributed by atoms with Gasteiger partial charge in [-0.3, -0.25) is 0 Å². The molecule has 1 aromatic heterocycles. The monoisotopic (exact) mass is 284 g/mol. The van der Waals surface area contributed by atoms with E-state index in [-0.39, 0.29) is 0 Å². The largest absolute Gasteiger partial charge is 0.439 e. The molecule has 5 heteroatoms. The first-order valence-corrected chi connectivity index (χ1v) is 7.18. The minimum Gasteiger partial charge on any atom is -0.439 e. The number of nitrogens with zero attached hydrogens (tertiary/aromatic N) is 2. The zero-order valence-corrected chi connectivity index (χ0v) is 12.6. The van der Waals surface area contributed by atoms with Crippen molar-refractivity contribution in [3.8, 4) is 11.6 Å². The first kappa shape index (κ1) is 13.8. The maximum atomic E-state index is 5.99. The van der Waals surface area contributed by atoms with E-state index in [1.165, 1.54) is 0 Å². The standard InChI is InChI=1S/C16H20N4O/c1-9-6-10(2)8-13(7-9)21-16-11(3)14(20-17)18-15(19-16)12-4-5-12/h6-8,12H,4-5,17H2,1-3H3,(H,18,19,20). The molecule has 21 heavy (non-hydrogen) atoms. The smallest absolute Gasteiger partial charge is 0.227 e. The lowest BCUT2D eigenvalue weighted by Crippen LogP contribution is -2.13. The van der Waals surface area contributed by atoms with Crippen molar-refractivity contribution in [2.75, 3.05) is 5.43 Å². The fourth-order valence-corrected chi connectivity index (χ4v) is 2.38. The van der Waals surface area contributed by atoms with Gasteiger partial charge in [0.15, 0.2) is 5.82 Å². The third-order valence-corrected chi connectivity index (χ3v) is 3.61. The summed E-state index contributed by atoms with van der Waals surface area (Å²) in [6.45, 7) is 6.01. The average molecular weight is 284 g/mol. The minimum absolute atomic E-state index is 0.444. The molecule has 0 radical (unpaired) electrons. The first-order valence-electron chi connectivity index (χ1n) is 7.18. The zero-order chi connectivity index (χ0) is 15.0. The predicted octanol–water partition coefficient (Wildman–Crippen LogP) is 3.36. The lowest BCUT2D eigenvalue weighted by Gasteiger charge is -2.13. The zero-order valence-electron chi connectivity index (χ0n) is 12.6. The van der Waals surface area contributed by atoms with Crippen LogP contribution in [0.1, 0.15) is 41.3 Å². The Morgan fingerprint density at radius 2 is 1.76 bits per heavy atom. The quantitative estimate of drug-likeness (QED) is 0.665. The second kappa shape index (κ2) is 5.33. The minimum atomic E-state index is 0.444. The Bertz CT molecular complexity index is 660. The molecule has 1 saturated carbocycles. The highest BCUT2D eigenvalue weighted by atomic mass is 16.5. The van der Waals surface area contributed by atoms with E-state index in [1.54, 1.807) is 0 Å². The van der Waals surface area contributed by atoms with Crippen LogP contribution in [0, 0.1) is 20.8 Å². The highest BCUT2D eigenvalue weighted by Gasteiger charge is 2.28. The number of benzene rings is 1. The molecule has 1 fully saturated rings. The van der Waals surface area contributed by atoms with E-state index in [9.17, 15) is 0 Å². The van der Waals surface area contributed by atoms with E-state index in [1.807, 2.05) is 19.1 Å². The normalized spacial score (nSPS) is 14.1. The molecule has 1 aliphatic carbocycles. The number of hydrogen-bond acceptors (Lipinski definition) is 5. The fourth-order valence-electron chi connectivity index (χ4n) is 2.38. The van der Waals surface area contributed by atoms with Crippen molar-refractivity contribution in [2.24, 2.45) is 5.84 Å². The highest BCUT2D eigenvalue weighted by molar-refractivity contribution is 5.49. The van der Waals surface area contributed by atoms with Gasteiger partial charge in [-0.25, -0.2) is 10.8 Å². The number of hydrogen-bond donors (Lipinski definition) is 2. The van der Waals surface area contributed by atoms with Gasteiger partial charge in [0, 0.05) is 5.92 Å². The Kier molecular flexibility index (Phi) is 3.51. The van der Waals surface area contributed by atoms with Crippen LogP contribution in [0.5, 0.6) is 11.6 Å². The van der Waals surface area contributed by atoms with Crippen LogP contribution in [0.3, 0.4) is 0 Å². The first-order chi connectivity index (χ1) is 10.1. The summed E-state index contributed by atoms with van der Waals surface area (Å²) >= 11 is 0. The van der Waals surface area contributed by atoms with E-state index < -0.39 is 0 Å². The predicted molar refractivity (Wildman–Crippen MR) is 82.5 cm³/mol. The summed E-state index contributed by atoms with van der Waals surface area (Å²) in [4.78, 5) is 9.03. The van der Waals surface area contributed by atoms with Crippen LogP contribution in [-0.2, 0) is 0 Å². The summed E-state index contributed by atoms with van der Waals surface area (Å²) in [5, 5.41) is 0. The number of ether oxygens (including phenoxy) is 1. The van der Waals surface area contributed by atoms with Crippen molar-refractivity contribution >= 4 is 5.82 Å². The van der Waals surface area contributed by atoms with Crippen molar-refractivity contribution in [1.82, 2.24) is 9.97 Å². The molecule has 5 nitrogen and oxygen atoms in total. The number of aromatic nitrogens is 2. The molecule has 110 valence electrons. The molecule has 1 heterocycles. The van der Waals surface area contributed by atoms with Crippen molar-refractivity contribution in [2.45, 2.75) is 39.5 Å². The van der Waals surface area contributed by atoms with Crippen LogP contribution >= 0.6 is 0 Å². The molecular weight excluding hydrogens is 264 g/mol. The lowest BCUT2D eigenvalue weighted by atomic mass is 10.1. The van der Waals surface area contributed by atoms with Gasteiger partial charge in [-0.1, -0.05) is 6.07 Å². The van der Waals surface area contributed by atoms with Crippen LogP contribution in [0.4, 0.5) is 5.82 Å². The molecular formula is C16H20N4O. The number of nitrogen functional groups attached to an aromatic ring is 1. The molecule has 0 unspecified atom stereocenters. The van der Waals surface area contributed by atoms with Crippen LogP contribution in [0.25, 0.3) is 0 Å². The Morgan fingerprint density at radius 3 is 2.33 bits per heavy atom. The van der Waals surface area contributed by atoms with Gasteiger partial charge in [-0.2, -0.15) is 4.98 Å². The molecule has 1 aromatic carbocycles. The van der Waals surface area contributed by atoms with E-state index in [0.29, 0.717) is 17.6 Å². The maximum absolute atomic E-state index is 5.99. The number of nitrogens with one attached hydrogen (secondary N) is 1.